The first-order chi connectivity index (χ1) is 25.5. The van der Waals surface area contributed by atoms with Gasteiger partial charge >= 0.3 is 11.9 Å². The van der Waals surface area contributed by atoms with Crippen LogP contribution in [0.1, 0.15) is 95.6 Å². The quantitative estimate of drug-likeness (QED) is 0.121. The SMILES string of the molecule is COC(=O)C1=CC2CCC=CC(C1CC(=O)O)C2OC1(CO)OC(CO)C23OC(CCCO)=c4[nH]c(C(C)C5CCCCC5)cc4=C2CCC1(O)C3O. The lowest BCUT2D eigenvalue weighted by atomic mass is 9.60. The molecule has 0 aromatic carbocycles. The fourth-order valence-electron chi connectivity index (χ4n) is 10.5. The van der Waals surface area contributed by atoms with Gasteiger partial charge in [-0.1, -0.05) is 44.4 Å². The van der Waals surface area contributed by atoms with E-state index in [4.69, 9.17) is 18.9 Å². The summed E-state index contributed by atoms with van der Waals surface area (Å²) in [5.74, 6) is -4.80. The van der Waals surface area contributed by atoms with E-state index in [-0.39, 0.29) is 30.9 Å². The molecule has 2 aliphatic heterocycles. The molecule has 1 aromatic heterocycles. The van der Waals surface area contributed by atoms with E-state index < -0.39 is 84.6 Å². The number of aliphatic hydroxyl groups excluding tert-OH is 4. The zero-order chi connectivity index (χ0) is 37.7. The van der Waals surface area contributed by atoms with Gasteiger partial charge in [-0.25, -0.2) is 4.79 Å². The fraction of sp³-hybridized carbons (Fsp3) is 0.700. The maximum absolute atomic E-state index is 12.9. The minimum Gasteiger partial charge on any atom is -0.481 e. The third-order valence-electron chi connectivity index (χ3n) is 13.3. The number of carboxylic acid groups (broad SMARTS) is 1. The number of carboxylic acids is 1. The Hall–Kier alpha value is -3.04. The summed E-state index contributed by atoms with van der Waals surface area (Å²) in [7, 11) is 1.24. The molecule has 13 heteroatoms. The highest BCUT2D eigenvalue weighted by molar-refractivity contribution is 5.90. The van der Waals surface area contributed by atoms with Gasteiger partial charge in [-0.2, -0.15) is 0 Å². The summed E-state index contributed by atoms with van der Waals surface area (Å²) in [6.07, 6.45) is 8.92. The zero-order valence-corrected chi connectivity index (χ0v) is 30.7. The van der Waals surface area contributed by atoms with E-state index in [2.05, 4.69) is 18.0 Å². The number of aliphatic hydroxyl groups is 5. The number of aromatic nitrogens is 1. The van der Waals surface area contributed by atoms with Gasteiger partial charge in [-0.05, 0) is 68.4 Å². The number of esters is 1. The van der Waals surface area contributed by atoms with Crippen molar-refractivity contribution >= 4 is 23.3 Å². The van der Waals surface area contributed by atoms with E-state index in [9.17, 15) is 40.2 Å². The van der Waals surface area contributed by atoms with Gasteiger partial charge in [0, 0.05) is 47.3 Å². The minimum absolute atomic E-state index is 0.0862. The van der Waals surface area contributed by atoms with Crippen LogP contribution in [0.2, 0.25) is 0 Å². The predicted octanol–water partition coefficient (Wildman–Crippen LogP) is 1.64. The van der Waals surface area contributed by atoms with Crippen molar-refractivity contribution in [3.63, 3.8) is 0 Å². The monoisotopic (exact) mass is 741 g/mol. The summed E-state index contributed by atoms with van der Waals surface area (Å²) in [6.45, 7) is 0.565. The van der Waals surface area contributed by atoms with Crippen molar-refractivity contribution in [1.82, 2.24) is 4.98 Å². The molecular formula is C40H55NO12. The molecule has 53 heavy (non-hydrogen) atoms. The van der Waals surface area contributed by atoms with Crippen LogP contribution in [0.15, 0.2) is 29.9 Å². The average Bonchev–Trinajstić information content (AvgIpc) is 3.55. The number of ether oxygens (including phenoxy) is 4. The normalized spacial score (nSPS) is 37.2. The molecule has 7 rings (SSSR count). The highest BCUT2D eigenvalue weighted by Crippen LogP contribution is 2.58. The molecule has 1 spiro atoms. The fourth-order valence-corrected chi connectivity index (χ4v) is 10.5. The summed E-state index contributed by atoms with van der Waals surface area (Å²) >= 11 is 0. The van der Waals surface area contributed by atoms with Crippen LogP contribution in [0.25, 0.3) is 11.3 Å². The van der Waals surface area contributed by atoms with Gasteiger partial charge in [0.1, 0.15) is 24.6 Å². The Kier molecular flexibility index (Phi) is 10.7. The number of carbonyl (C=O) groups excluding carboxylic acids is 1. The molecule has 6 aliphatic rings. The van der Waals surface area contributed by atoms with Crippen LogP contribution in [-0.2, 0) is 28.5 Å². The second-order valence-electron chi connectivity index (χ2n) is 16.0. The van der Waals surface area contributed by atoms with Gasteiger partial charge in [0.05, 0.1) is 31.6 Å². The molecule has 3 fully saturated rings. The number of hydrogen-bond donors (Lipinski definition) is 7. The summed E-state index contributed by atoms with van der Waals surface area (Å²) < 4.78 is 25.2. The second-order valence-corrected chi connectivity index (χ2v) is 16.0. The minimum atomic E-state index is -2.27. The summed E-state index contributed by atoms with van der Waals surface area (Å²) in [6, 6.07) is 2.11. The Bertz CT molecular complexity index is 1740. The number of carbonyl (C=O) groups is 2. The van der Waals surface area contributed by atoms with Crippen LogP contribution in [0.4, 0.5) is 0 Å². The average molecular weight is 742 g/mol. The largest absolute Gasteiger partial charge is 0.481 e. The van der Waals surface area contributed by atoms with E-state index in [0.29, 0.717) is 42.9 Å². The van der Waals surface area contributed by atoms with Crippen molar-refractivity contribution in [2.75, 3.05) is 26.9 Å². The number of allylic oxidation sites excluding steroid dienone is 1. The van der Waals surface area contributed by atoms with Gasteiger partial charge in [-0.3, -0.25) is 4.79 Å². The number of nitrogens with one attached hydrogen (secondary N) is 1. The van der Waals surface area contributed by atoms with Gasteiger partial charge in [-0.15, -0.1) is 0 Å². The van der Waals surface area contributed by atoms with Crippen molar-refractivity contribution in [1.29, 1.82) is 0 Å². The third kappa shape index (κ3) is 6.11. The van der Waals surface area contributed by atoms with E-state index in [1.54, 1.807) is 6.08 Å². The Balaban J connectivity index is 1.31. The Morgan fingerprint density at radius 2 is 1.91 bits per heavy atom. The highest BCUT2D eigenvalue weighted by Gasteiger charge is 2.75. The summed E-state index contributed by atoms with van der Waals surface area (Å²) in [5, 5.41) is 68.9. The van der Waals surface area contributed by atoms with Crippen LogP contribution in [0.5, 0.6) is 0 Å². The number of rotatable bonds is 12. The molecule has 3 heterocycles. The Morgan fingerprint density at radius 3 is 2.58 bits per heavy atom. The first-order valence-corrected chi connectivity index (χ1v) is 19.4. The first-order valence-electron chi connectivity index (χ1n) is 19.4. The zero-order valence-electron chi connectivity index (χ0n) is 30.7. The third-order valence-corrected chi connectivity index (χ3v) is 13.3. The molecule has 1 saturated heterocycles. The molecular weight excluding hydrogens is 686 g/mol. The maximum atomic E-state index is 12.9. The van der Waals surface area contributed by atoms with E-state index in [0.717, 1.165) is 29.1 Å². The lowest BCUT2D eigenvalue weighted by Crippen LogP contribution is -2.83. The van der Waals surface area contributed by atoms with E-state index in [1.807, 2.05) is 12.2 Å². The number of H-pyrrole nitrogens is 1. The highest BCUT2D eigenvalue weighted by atomic mass is 16.7. The first kappa shape index (κ1) is 38.2. The number of fused-ring (bicyclic) bond motifs is 4. The molecule has 10 atom stereocenters. The van der Waals surface area contributed by atoms with Gasteiger partial charge in [0.2, 0.25) is 5.79 Å². The molecule has 4 bridgehead atoms. The summed E-state index contributed by atoms with van der Waals surface area (Å²) in [5.41, 5.74) is -2.07. The molecule has 4 aliphatic carbocycles. The van der Waals surface area contributed by atoms with Crippen molar-refractivity contribution < 1.29 is 59.2 Å². The lowest BCUT2D eigenvalue weighted by molar-refractivity contribution is -0.436. The number of methoxy groups -OCH3 is 1. The van der Waals surface area contributed by atoms with Crippen molar-refractivity contribution in [2.45, 2.75) is 125 Å². The summed E-state index contributed by atoms with van der Waals surface area (Å²) in [4.78, 5) is 28.6. The van der Waals surface area contributed by atoms with Crippen LogP contribution >= 0.6 is 0 Å². The van der Waals surface area contributed by atoms with Crippen LogP contribution < -0.4 is 10.6 Å². The number of aromatic amines is 1. The Labute approximate surface area is 309 Å². The predicted molar refractivity (Wildman–Crippen MR) is 190 cm³/mol. The van der Waals surface area contributed by atoms with Crippen LogP contribution in [-0.4, -0.2) is 110 Å². The Morgan fingerprint density at radius 1 is 1.13 bits per heavy atom. The van der Waals surface area contributed by atoms with Gasteiger partial charge < -0.3 is 54.6 Å². The lowest BCUT2D eigenvalue weighted by Gasteiger charge is -2.64. The number of hydrogen-bond acceptors (Lipinski definition) is 11. The van der Waals surface area contributed by atoms with Crippen LogP contribution in [0, 0.1) is 23.7 Å². The molecule has 1 aromatic rings. The van der Waals surface area contributed by atoms with Crippen molar-refractivity contribution in [3.05, 3.63) is 46.1 Å². The maximum Gasteiger partial charge on any atom is 0.333 e. The standard InChI is InChI=1S/C40H55NO12/c1-22(23-9-4-3-5-10-23)30-18-28-29-14-15-38(49)37(48)40(29,51-31(13-8-16-42)34(28)41-30)32(20-43)52-39(38,21-44)53-35-24-11-6-7-12-25(35)26(19-33(45)46)27(17-24)36(47)50-2/h7,12,17-18,22-26,32,35,37,41-44,48-49H,3-6,8-11,13-16,19-21H2,1-2H3,(H,45,46). The molecule has 7 N–H and O–H groups in total. The molecule has 292 valence electrons. The topological polar surface area (TPSA) is 208 Å². The molecule has 2 saturated carbocycles. The molecule has 13 nitrogen and oxygen atoms in total. The van der Waals surface area contributed by atoms with Crippen molar-refractivity contribution in [3.8, 4) is 0 Å². The van der Waals surface area contributed by atoms with Crippen molar-refractivity contribution in [2.24, 2.45) is 23.7 Å². The second kappa shape index (κ2) is 14.9. The van der Waals surface area contributed by atoms with Gasteiger partial charge in [0.25, 0.3) is 0 Å². The number of aliphatic carboxylic acids is 1. The molecule has 0 radical (unpaired) electrons. The van der Waals surface area contributed by atoms with Gasteiger partial charge in [0.15, 0.2) is 11.2 Å². The van der Waals surface area contributed by atoms with E-state index in [1.165, 1.54) is 26.4 Å². The molecule has 10 unspecified atom stereocenters. The smallest absolute Gasteiger partial charge is 0.333 e. The van der Waals surface area contributed by atoms with Crippen LogP contribution in [0.3, 0.4) is 0 Å². The molecule has 0 amide bonds. The van der Waals surface area contributed by atoms with E-state index >= 15 is 0 Å².